The fourth-order valence-electron chi connectivity index (χ4n) is 3.12. The molecule has 21 heavy (non-hydrogen) atoms. The van der Waals surface area contributed by atoms with Crippen LogP contribution in [-0.4, -0.2) is 59.3 Å². The second kappa shape index (κ2) is 6.04. The summed E-state index contributed by atoms with van der Waals surface area (Å²) in [6, 6.07) is -0.231. The van der Waals surface area contributed by atoms with E-state index in [2.05, 4.69) is 10.3 Å². The van der Waals surface area contributed by atoms with Crippen LogP contribution in [-0.2, 0) is 17.3 Å². The smallest absolute Gasteiger partial charge is 0.282 e. The van der Waals surface area contributed by atoms with Crippen LogP contribution in [0.1, 0.15) is 31.1 Å². The van der Waals surface area contributed by atoms with Crippen LogP contribution in [0.25, 0.3) is 0 Å². The van der Waals surface area contributed by atoms with E-state index in [9.17, 15) is 8.42 Å². The molecule has 118 valence electrons. The highest BCUT2D eigenvalue weighted by molar-refractivity contribution is 7.86. The lowest BCUT2D eigenvalue weighted by Crippen LogP contribution is -2.54. The number of aromatic nitrogens is 2. The van der Waals surface area contributed by atoms with Gasteiger partial charge in [0.15, 0.2) is 0 Å². The lowest BCUT2D eigenvalue weighted by molar-refractivity contribution is 0.228. The quantitative estimate of drug-likeness (QED) is 0.859. The summed E-state index contributed by atoms with van der Waals surface area (Å²) in [6.45, 7) is 3.07. The third kappa shape index (κ3) is 2.85. The maximum Gasteiger partial charge on any atom is 0.282 e. The minimum Gasteiger partial charge on any atom is -0.337 e. The summed E-state index contributed by atoms with van der Waals surface area (Å²) in [7, 11) is -1.50. The first-order valence-electron chi connectivity index (χ1n) is 7.55. The highest BCUT2D eigenvalue weighted by atomic mass is 32.2. The van der Waals surface area contributed by atoms with Gasteiger partial charge in [-0.25, -0.2) is 4.98 Å². The van der Waals surface area contributed by atoms with E-state index in [0.717, 1.165) is 25.1 Å². The highest BCUT2D eigenvalue weighted by Gasteiger charge is 2.39. The number of aryl methyl sites for hydroxylation is 1. The first-order chi connectivity index (χ1) is 10.1. The molecule has 2 fully saturated rings. The Morgan fingerprint density at radius 3 is 2.67 bits per heavy atom. The number of hydrogen-bond donors (Lipinski definition) is 1. The summed E-state index contributed by atoms with van der Waals surface area (Å²) in [4.78, 5) is 4.35. The van der Waals surface area contributed by atoms with Gasteiger partial charge in [-0.1, -0.05) is 6.42 Å². The number of piperazine rings is 1. The van der Waals surface area contributed by atoms with E-state index in [1.165, 1.54) is 0 Å². The lowest BCUT2D eigenvalue weighted by Gasteiger charge is -2.38. The molecule has 2 aliphatic heterocycles. The summed E-state index contributed by atoms with van der Waals surface area (Å²) < 4.78 is 31.0. The Morgan fingerprint density at radius 2 is 2.00 bits per heavy atom. The van der Waals surface area contributed by atoms with Gasteiger partial charge in [0.2, 0.25) is 0 Å². The van der Waals surface area contributed by atoms with E-state index in [1.54, 1.807) is 14.8 Å². The largest absolute Gasteiger partial charge is 0.337 e. The van der Waals surface area contributed by atoms with E-state index in [0.29, 0.717) is 32.7 Å². The van der Waals surface area contributed by atoms with Crippen LogP contribution in [0, 0.1) is 0 Å². The molecule has 0 radical (unpaired) electrons. The number of nitrogens with zero attached hydrogens (tertiary/aromatic N) is 4. The molecule has 0 spiro atoms. The van der Waals surface area contributed by atoms with Gasteiger partial charge in [-0.3, -0.25) is 0 Å². The van der Waals surface area contributed by atoms with Crippen molar-refractivity contribution in [2.24, 2.45) is 7.05 Å². The molecule has 3 heterocycles. The van der Waals surface area contributed by atoms with Gasteiger partial charge in [0, 0.05) is 52.2 Å². The monoisotopic (exact) mass is 313 g/mol. The molecule has 1 aromatic heterocycles. The molecule has 1 aromatic rings. The van der Waals surface area contributed by atoms with Crippen molar-refractivity contribution in [3.05, 3.63) is 18.2 Å². The van der Waals surface area contributed by atoms with Gasteiger partial charge in [0.1, 0.15) is 5.82 Å². The highest BCUT2D eigenvalue weighted by Crippen LogP contribution is 2.27. The lowest BCUT2D eigenvalue weighted by atomic mass is 10.2. The number of nitrogens with one attached hydrogen (secondary N) is 1. The Bertz CT molecular complexity index is 579. The molecule has 8 heteroatoms. The summed E-state index contributed by atoms with van der Waals surface area (Å²) in [5.74, 6) is 0.794. The maximum absolute atomic E-state index is 12.9. The van der Waals surface area contributed by atoms with Crippen molar-refractivity contribution in [3.63, 3.8) is 0 Å². The normalized spacial score (nSPS) is 26.0. The average Bonchev–Trinajstić information content (AvgIpc) is 2.94. The molecule has 7 nitrogen and oxygen atoms in total. The predicted octanol–water partition coefficient (Wildman–Crippen LogP) is 0.0971. The number of piperidine rings is 1. The van der Waals surface area contributed by atoms with Crippen molar-refractivity contribution in [2.75, 3.05) is 32.7 Å². The van der Waals surface area contributed by atoms with Gasteiger partial charge in [-0.05, 0) is 12.8 Å². The molecule has 0 aliphatic carbocycles. The van der Waals surface area contributed by atoms with Crippen LogP contribution >= 0.6 is 0 Å². The molecule has 0 bridgehead atoms. The Morgan fingerprint density at radius 1 is 1.24 bits per heavy atom. The Labute approximate surface area is 126 Å². The van der Waals surface area contributed by atoms with E-state index >= 15 is 0 Å². The molecule has 0 saturated carbocycles. The minimum atomic E-state index is -3.40. The predicted molar refractivity (Wildman–Crippen MR) is 79.9 cm³/mol. The summed E-state index contributed by atoms with van der Waals surface area (Å²) in [5.41, 5.74) is 0. The number of imidazole rings is 1. The van der Waals surface area contributed by atoms with Crippen LogP contribution in [0.3, 0.4) is 0 Å². The van der Waals surface area contributed by atoms with Crippen LogP contribution in [0.4, 0.5) is 0 Å². The molecule has 1 N–H and O–H groups in total. The van der Waals surface area contributed by atoms with Crippen molar-refractivity contribution in [1.29, 1.82) is 0 Å². The number of hydrogen-bond acceptors (Lipinski definition) is 4. The van der Waals surface area contributed by atoms with Gasteiger partial charge in [0.25, 0.3) is 10.2 Å². The number of rotatable bonds is 3. The molecular formula is C13H23N5O2S. The Hall–Kier alpha value is -0.960. The molecule has 3 rings (SSSR count). The van der Waals surface area contributed by atoms with Gasteiger partial charge in [0.05, 0.1) is 6.04 Å². The second-order valence-corrected chi connectivity index (χ2v) is 7.58. The maximum atomic E-state index is 12.9. The first kappa shape index (κ1) is 15.0. The molecular weight excluding hydrogens is 290 g/mol. The Kier molecular flexibility index (Phi) is 4.30. The average molecular weight is 313 g/mol. The van der Waals surface area contributed by atoms with Gasteiger partial charge < -0.3 is 9.88 Å². The van der Waals surface area contributed by atoms with Crippen LogP contribution < -0.4 is 5.32 Å². The van der Waals surface area contributed by atoms with Crippen LogP contribution in [0.5, 0.6) is 0 Å². The fraction of sp³-hybridized carbons (Fsp3) is 0.769. The van der Waals surface area contributed by atoms with E-state index in [-0.39, 0.29) is 6.04 Å². The summed E-state index contributed by atoms with van der Waals surface area (Å²) in [6.07, 6.45) is 6.61. The zero-order valence-electron chi connectivity index (χ0n) is 12.4. The van der Waals surface area contributed by atoms with E-state index in [4.69, 9.17) is 0 Å². The third-order valence-electron chi connectivity index (χ3n) is 4.29. The molecule has 0 aromatic carbocycles. The molecule has 2 saturated heterocycles. The summed E-state index contributed by atoms with van der Waals surface area (Å²) >= 11 is 0. The third-order valence-corrected chi connectivity index (χ3v) is 6.34. The van der Waals surface area contributed by atoms with Crippen molar-refractivity contribution >= 4 is 10.2 Å². The SMILES string of the molecule is Cn1ccnc1C1CNCCN1S(=O)(=O)N1CCCCC1. The topological polar surface area (TPSA) is 70.5 Å². The molecule has 0 amide bonds. The van der Waals surface area contributed by atoms with E-state index in [1.807, 2.05) is 17.8 Å². The zero-order valence-corrected chi connectivity index (χ0v) is 13.2. The van der Waals surface area contributed by atoms with Gasteiger partial charge in [-0.15, -0.1) is 0 Å². The molecule has 2 aliphatic rings. The van der Waals surface area contributed by atoms with Crippen LogP contribution in [0.2, 0.25) is 0 Å². The van der Waals surface area contributed by atoms with E-state index < -0.39 is 10.2 Å². The van der Waals surface area contributed by atoms with Crippen LogP contribution in [0.15, 0.2) is 12.4 Å². The van der Waals surface area contributed by atoms with Crippen molar-refractivity contribution < 1.29 is 8.42 Å². The van der Waals surface area contributed by atoms with Gasteiger partial charge >= 0.3 is 0 Å². The first-order valence-corrected chi connectivity index (χ1v) is 8.95. The molecule has 1 unspecified atom stereocenters. The minimum absolute atomic E-state index is 0.231. The zero-order chi connectivity index (χ0) is 14.9. The summed E-state index contributed by atoms with van der Waals surface area (Å²) in [5, 5.41) is 3.28. The van der Waals surface area contributed by atoms with Crippen molar-refractivity contribution in [3.8, 4) is 0 Å². The fourth-order valence-corrected chi connectivity index (χ4v) is 4.95. The van der Waals surface area contributed by atoms with Crippen molar-refractivity contribution in [2.45, 2.75) is 25.3 Å². The second-order valence-electron chi connectivity index (χ2n) is 5.69. The Balaban J connectivity index is 1.88. The molecule has 1 atom stereocenters. The van der Waals surface area contributed by atoms with Gasteiger partial charge in [-0.2, -0.15) is 17.0 Å². The standard InChI is InChI=1S/C13H23N5O2S/c1-16-9-6-15-13(16)12-11-14-5-10-18(12)21(19,20)17-7-3-2-4-8-17/h6,9,12,14H,2-5,7-8,10-11H2,1H3. The van der Waals surface area contributed by atoms with Crippen molar-refractivity contribution in [1.82, 2.24) is 23.5 Å².